The molecule has 0 atom stereocenters. The maximum absolute atomic E-state index is 4.27. The van der Waals surface area contributed by atoms with Gasteiger partial charge in [-0.15, -0.1) is 22.7 Å². The van der Waals surface area contributed by atoms with Gasteiger partial charge in [0.1, 0.15) is 0 Å². The summed E-state index contributed by atoms with van der Waals surface area (Å²) in [5, 5.41) is 0. The molecule has 0 saturated heterocycles. The summed E-state index contributed by atoms with van der Waals surface area (Å²) < 4.78 is 0. The summed E-state index contributed by atoms with van der Waals surface area (Å²) in [6, 6.07) is 53.9. The smallest absolute Gasteiger partial charge is 0.0797 e. The third-order valence-corrected chi connectivity index (χ3v) is 11.1. The molecule has 0 saturated carbocycles. The summed E-state index contributed by atoms with van der Waals surface area (Å²) in [4.78, 5) is 10.9. The summed E-state index contributed by atoms with van der Waals surface area (Å²) in [6.45, 7) is 0. The van der Waals surface area contributed by atoms with Crippen LogP contribution in [0.2, 0.25) is 0 Å². The van der Waals surface area contributed by atoms with E-state index < -0.39 is 5.41 Å². The first-order valence-corrected chi connectivity index (χ1v) is 17.4. The van der Waals surface area contributed by atoms with E-state index in [0.717, 1.165) is 0 Å². The first-order chi connectivity index (χ1) is 23.3. The topological polar surface area (TPSA) is 25.8 Å². The standard InChI is InChI=1S/C43H28N2S2/c1-3-7-35(8-4-1)43(36-9-5-2-6-10-36)39-23-33(29-11-15-31(16-12-29)41-25-44-27-46-41)19-21-37(39)38-22-20-34(24-40(38)43)30-13-17-32(18-14-30)42-26-45-28-47-42/h1-28H. The summed E-state index contributed by atoms with van der Waals surface area (Å²) in [5.74, 6) is 0. The second kappa shape index (κ2) is 11.4. The van der Waals surface area contributed by atoms with Crippen molar-refractivity contribution < 1.29 is 0 Å². The summed E-state index contributed by atoms with van der Waals surface area (Å²) >= 11 is 3.34. The molecular formula is C43H28N2S2. The minimum atomic E-state index is -0.482. The molecule has 6 aromatic carbocycles. The number of thiazole rings is 2. The van der Waals surface area contributed by atoms with Crippen LogP contribution in [0.1, 0.15) is 22.3 Å². The van der Waals surface area contributed by atoms with E-state index >= 15 is 0 Å². The highest BCUT2D eigenvalue weighted by Crippen LogP contribution is 2.57. The van der Waals surface area contributed by atoms with Gasteiger partial charge in [0.25, 0.3) is 0 Å². The molecule has 2 nitrogen and oxygen atoms in total. The number of rotatable bonds is 6. The Bertz CT molecular complexity index is 2140. The lowest BCUT2D eigenvalue weighted by Gasteiger charge is -2.34. The minimum absolute atomic E-state index is 0.482. The lowest BCUT2D eigenvalue weighted by Crippen LogP contribution is -2.28. The molecule has 0 fully saturated rings. The fourth-order valence-corrected chi connectivity index (χ4v) is 8.48. The van der Waals surface area contributed by atoms with Crippen LogP contribution in [0.5, 0.6) is 0 Å². The van der Waals surface area contributed by atoms with Crippen LogP contribution in [0.25, 0.3) is 54.3 Å². The molecule has 0 amide bonds. The van der Waals surface area contributed by atoms with E-state index in [-0.39, 0.29) is 0 Å². The second-order valence-corrected chi connectivity index (χ2v) is 13.7. The fraction of sp³-hybridized carbons (Fsp3) is 0.0233. The Morgan fingerprint density at radius 3 is 1.15 bits per heavy atom. The van der Waals surface area contributed by atoms with Crippen molar-refractivity contribution in [2.24, 2.45) is 0 Å². The molecule has 1 aliphatic rings. The third-order valence-electron chi connectivity index (χ3n) is 9.42. The zero-order valence-electron chi connectivity index (χ0n) is 25.4. The van der Waals surface area contributed by atoms with Crippen LogP contribution in [0.15, 0.2) is 169 Å². The first-order valence-electron chi connectivity index (χ1n) is 15.7. The Labute approximate surface area is 282 Å². The van der Waals surface area contributed by atoms with Gasteiger partial charge in [-0.2, -0.15) is 0 Å². The van der Waals surface area contributed by atoms with Crippen molar-refractivity contribution in [1.82, 2.24) is 9.97 Å². The zero-order chi connectivity index (χ0) is 31.2. The Kier molecular flexibility index (Phi) is 6.77. The molecule has 0 bridgehead atoms. The monoisotopic (exact) mass is 636 g/mol. The second-order valence-electron chi connectivity index (χ2n) is 11.9. The molecule has 9 rings (SSSR count). The number of nitrogens with zero attached hydrogens (tertiary/aromatic N) is 2. The number of fused-ring (bicyclic) bond motifs is 3. The van der Waals surface area contributed by atoms with Crippen LogP contribution in [0, 0.1) is 0 Å². The quantitative estimate of drug-likeness (QED) is 0.181. The highest BCUT2D eigenvalue weighted by molar-refractivity contribution is 7.13. The molecule has 0 spiro atoms. The van der Waals surface area contributed by atoms with Crippen molar-refractivity contribution in [3.63, 3.8) is 0 Å². The highest BCUT2D eigenvalue weighted by atomic mass is 32.1. The normalized spacial score (nSPS) is 12.9. The van der Waals surface area contributed by atoms with E-state index in [2.05, 4.69) is 156 Å². The van der Waals surface area contributed by atoms with E-state index in [1.165, 1.54) is 76.5 Å². The Hall–Kier alpha value is -5.42. The summed E-state index contributed by atoms with van der Waals surface area (Å²) in [7, 11) is 0. The van der Waals surface area contributed by atoms with Crippen LogP contribution in [0.4, 0.5) is 0 Å². The molecule has 2 heterocycles. The van der Waals surface area contributed by atoms with Gasteiger partial charge < -0.3 is 0 Å². The van der Waals surface area contributed by atoms with Crippen molar-refractivity contribution in [3.05, 3.63) is 191 Å². The van der Waals surface area contributed by atoms with E-state index in [9.17, 15) is 0 Å². The van der Waals surface area contributed by atoms with Gasteiger partial charge in [-0.1, -0.05) is 133 Å². The van der Waals surface area contributed by atoms with Crippen LogP contribution < -0.4 is 0 Å². The van der Waals surface area contributed by atoms with Gasteiger partial charge in [0.15, 0.2) is 0 Å². The average Bonchev–Trinajstić information content (AvgIpc) is 3.93. The van der Waals surface area contributed by atoms with Gasteiger partial charge in [-0.3, -0.25) is 9.97 Å². The number of aromatic nitrogens is 2. The summed E-state index contributed by atoms with van der Waals surface area (Å²) in [5.41, 5.74) is 18.2. The maximum atomic E-state index is 4.27. The predicted octanol–water partition coefficient (Wildman–Crippen LogP) is 11.6. The Morgan fingerprint density at radius 2 is 0.766 bits per heavy atom. The fourth-order valence-electron chi connectivity index (χ4n) is 7.22. The molecule has 47 heavy (non-hydrogen) atoms. The number of hydrogen-bond donors (Lipinski definition) is 0. The molecule has 1 aliphatic carbocycles. The van der Waals surface area contributed by atoms with Crippen molar-refractivity contribution in [2.45, 2.75) is 5.41 Å². The van der Waals surface area contributed by atoms with Crippen molar-refractivity contribution >= 4 is 22.7 Å². The molecule has 222 valence electrons. The molecule has 0 N–H and O–H groups in total. The Morgan fingerprint density at radius 1 is 0.383 bits per heavy atom. The van der Waals surface area contributed by atoms with Crippen LogP contribution >= 0.6 is 22.7 Å². The predicted molar refractivity (Wildman–Crippen MR) is 197 cm³/mol. The van der Waals surface area contributed by atoms with Gasteiger partial charge in [-0.25, -0.2) is 0 Å². The van der Waals surface area contributed by atoms with Crippen LogP contribution in [-0.4, -0.2) is 9.97 Å². The molecule has 0 unspecified atom stereocenters. The highest BCUT2D eigenvalue weighted by Gasteiger charge is 2.46. The molecule has 8 aromatic rings. The largest absolute Gasteiger partial charge is 0.252 e. The minimum Gasteiger partial charge on any atom is -0.252 e. The summed E-state index contributed by atoms with van der Waals surface area (Å²) in [6.07, 6.45) is 3.87. The number of benzene rings is 6. The lowest BCUT2D eigenvalue weighted by atomic mass is 9.67. The third kappa shape index (κ3) is 4.60. The van der Waals surface area contributed by atoms with Crippen molar-refractivity contribution in [1.29, 1.82) is 0 Å². The van der Waals surface area contributed by atoms with Crippen LogP contribution in [-0.2, 0) is 5.41 Å². The molecular weight excluding hydrogens is 609 g/mol. The molecule has 0 radical (unpaired) electrons. The SMILES string of the molecule is c1ccc(C2(c3ccccc3)c3cc(-c4ccc(-c5cncs5)cc4)ccc3-c3ccc(-c4ccc(-c5cncs5)cc4)cc32)cc1. The average molecular weight is 637 g/mol. The molecule has 2 aromatic heterocycles. The van der Waals surface area contributed by atoms with E-state index in [0.29, 0.717) is 0 Å². The van der Waals surface area contributed by atoms with Gasteiger partial charge in [0.05, 0.1) is 26.2 Å². The van der Waals surface area contributed by atoms with Crippen LogP contribution in [0.3, 0.4) is 0 Å². The maximum Gasteiger partial charge on any atom is 0.0797 e. The van der Waals surface area contributed by atoms with Crippen molar-refractivity contribution in [2.75, 3.05) is 0 Å². The van der Waals surface area contributed by atoms with Gasteiger partial charge in [-0.05, 0) is 78.9 Å². The first kappa shape index (κ1) is 27.9. The van der Waals surface area contributed by atoms with Crippen molar-refractivity contribution in [3.8, 4) is 54.3 Å². The molecule has 4 heteroatoms. The van der Waals surface area contributed by atoms with Gasteiger partial charge >= 0.3 is 0 Å². The van der Waals surface area contributed by atoms with Gasteiger partial charge in [0.2, 0.25) is 0 Å². The van der Waals surface area contributed by atoms with E-state index in [1.807, 2.05) is 23.4 Å². The lowest BCUT2D eigenvalue weighted by molar-refractivity contribution is 0.769. The Balaban J connectivity index is 1.24. The molecule has 0 aliphatic heterocycles. The van der Waals surface area contributed by atoms with E-state index in [1.54, 1.807) is 22.7 Å². The van der Waals surface area contributed by atoms with Gasteiger partial charge in [0, 0.05) is 12.4 Å². The number of hydrogen-bond acceptors (Lipinski definition) is 4. The van der Waals surface area contributed by atoms with E-state index in [4.69, 9.17) is 0 Å². The zero-order valence-corrected chi connectivity index (χ0v) is 27.0.